The number of benzene rings is 1. The number of fused-ring (bicyclic) bond motifs is 2. The molecule has 0 spiro atoms. The van der Waals surface area contributed by atoms with Crippen LogP contribution in [0.5, 0.6) is 5.75 Å². The number of nitrogens with one attached hydrogen (secondary N) is 1. The Kier molecular flexibility index (Phi) is 4.67. The van der Waals surface area contributed by atoms with Gasteiger partial charge in [0.2, 0.25) is 0 Å². The smallest absolute Gasteiger partial charge is 0.119 e. The maximum atomic E-state index is 6.07. The molecule has 2 fully saturated rings. The highest BCUT2D eigenvalue weighted by molar-refractivity contribution is 9.10. The molecule has 3 atom stereocenters. The Balaban J connectivity index is 1.57. The van der Waals surface area contributed by atoms with Crippen molar-refractivity contribution in [2.24, 2.45) is 17.8 Å². The lowest BCUT2D eigenvalue weighted by molar-refractivity contribution is 0.195. The van der Waals surface area contributed by atoms with Gasteiger partial charge in [-0.25, -0.2) is 0 Å². The van der Waals surface area contributed by atoms with Crippen molar-refractivity contribution in [1.82, 2.24) is 5.32 Å². The molecule has 3 rings (SSSR count). The molecule has 3 heteroatoms. The molecule has 2 aliphatic carbocycles. The fourth-order valence-corrected chi connectivity index (χ4v) is 4.21. The first kappa shape index (κ1) is 14.4. The molecule has 3 unspecified atom stereocenters. The zero-order valence-electron chi connectivity index (χ0n) is 12.2. The summed E-state index contributed by atoms with van der Waals surface area (Å²) in [6.45, 7) is 4.91. The molecule has 2 nitrogen and oxygen atoms in total. The van der Waals surface area contributed by atoms with Crippen molar-refractivity contribution in [2.75, 3.05) is 13.2 Å². The zero-order valence-corrected chi connectivity index (χ0v) is 13.8. The molecule has 2 bridgehead atoms. The van der Waals surface area contributed by atoms with Crippen molar-refractivity contribution in [3.63, 3.8) is 0 Å². The molecular weight excluding hydrogens is 314 g/mol. The molecule has 0 radical (unpaired) electrons. The second kappa shape index (κ2) is 6.48. The molecule has 110 valence electrons. The monoisotopic (exact) mass is 337 g/mol. The summed E-state index contributed by atoms with van der Waals surface area (Å²) in [6.07, 6.45) is 5.75. The molecule has 1 aromatic rings. The van der Waals surface area contributed by atoms with E-state index in [0.29, 0.717) is 0 Å². The Labute approximate surface area is 130 Å². The quantitative estimate of drug-likeness (QED) is 0.831. The Morgan fingerprint density at radius 2 is 2.20 bits per heavy atom. The van der Waals surface area contributed by atoms with Gasteiger partial charge in [-0.1, -0.05) is 29.3 Å². The molecular formula is C17H24BrNO. The molecule has 0 heterocycles. The lowest BCUT2D eigenvalue weighted by atomic mass is 9.89. The average Bonchev–Trinajstić information content (AvgIpc) is 3.07. The highest BCUT2D eigenvalue weighted by atomic mass is 79.9. The van der Waals surface area contributed by atoms with E-state index < -0.39 is 0 Å². The maximum absolute atomic E-state index is 6.07. The summed E-state index contributed by atoms with van der Waals surface area (Å²) >= 11 is 3.61. The third-order valence-electron chi connectivity index (χ3n) is 4.93. The summed E-state index contributed by atoms with van der Waals surface area (Å²) < 4.78 is 7.23. The van der Waals surface area contributed by atoms with E-state index in [1.807, 2.05) is 0 Å². The number of halogens is 1. The minimum atomic E-state index is 0.801. The fourth-order valence-electron chi connectivity index (χ4n) is 3.82. The Hall–Kier alpha value is -0.540. The minimum Gasteiger partial charge on any atom is -0.493 e. The van der Waals surface area contributed by atoms with E-state index in [9.17, 15) is 0 Å². The Morgan fingerprint density at radius 3 is 2.90 bits per heavy atom. The van der Waals surface area contributed by atoms with Crippen molar-refractivity contribution >= 4 is 15.9 Å². The first-order chi connectivity index (χ1) is 9.76. The summed E-state index contributed by atoms with van der Waals surface area (Å²) in [6, 6.07) is 6.34. The highest BCUT2D eigenvalue weighted by Gasteiger charge is 2.39. The molecule has 0 aliphatic heterocycles. The van der Waals surface area contributed by atoms with Crippen molar-refractivity contribution in [2.45, 2.75) is 39.2 Å². The van der Waals surface area contributed by atoms with E-state index in [-0.39, 0.29) is 0 Å². The van der Waals surface area contributed by atoms with E-state index in [1.165, 1.54) is 31.2 Å². The normalized spacial score (nSPS) is 28.0. The molecule has 1 N–H and O–H groups in total. The van der Waals surface area contributed by atoms with Gasteiger partial charge in [0.1, 0.15) is 5.75 Å². The van der Waals surface area contributed by atoms with Crippen LogP contribution in [0.4, 0.5) is 0 Å². The largest absolute Gasteiger partial charge is 0.493 e. The Morgan fingerprint density at radius 1 is 1.30 bits per heavy atom. The van der Waals surface area contributed by atoms with Crippen LogP contribution in [-0.2, 0) is 6.54 Å². The van der Waals surface area contributed by atoms with Crippen LogP contribution in [0.25, 0.3) is 0 Å². The maximum Gasteiger partial charge on any atom is 0.119 e. The van der Waals surface area contributed by atoms with Crippen molar-refractivity contribution in [3.05, 3.63) is 28.2 Å². The summed E-state index contributed by atoms with van der Waals surface area (Å²) in [5.74, 6) is 3.76. The predicted molar refractivity (Wildman–Crippen MR) is 86.0 cm³/mol. The summed E-state index contributed by atoms with van der Waals surface area (Å²) in [5, 5.41) is 3.37. The van der Waals surface area contributed by atoms with Crippen LogP contribution in [0.15, 0.2) is 22.7 Å². The van der Waals surface area contributed by atoms with Gasteiger partial charge in [-0.05, 0) is 67.3 Å². The Bertz CT molecular complexity index is 462. The van der Waals surface area contributed by atoms with Crippen LogP contribution < -0.4 is 10.1 Å². The van der Waals surface area contributed by atoms with Crippen molar-refractivity contribution in [3.8, 4) is 5.75 Å². The van der Waals surface area contributed by atoms with Crippen LogP contribution in [0, 0.1) is 17.8 Å². The summed E-state index contributed by atoms with van der Waals surface area (Å²) in [7, 11) is 0. The highest BCUT2D eigenvalue weighted by Crippen LogP contribution is 2.48. The van der Waals surface area contributed by atoms with Crippen LogP contribution >= 0.6 is 15.9 Å². The van der Waals surface area contributed by atoms with E-state index in [0.717, 1.165) is 47.7 Å². The number of rotatable bonds is 6. The second-order valence-electron chi connectivity index (χ2n) is 6.28. The van der Waals surface area contributed by atoms with Gasteiger partial charge in [-0.2, -0.15) is 0 Å². The van der Waals surface area contributed by atoms with Crippen LogP contribution in [0.3, 0.4) is 0 Å². The predicted octanol–water partition coefficient (Wildman–Crippen LogP) is 4.37. The summed E-state index contributed by atoms with van der Waals surface area (Å²) in [5.41, 5.74) is 1.28. The average molecular weight is 338 g/mol. The van der Waals surface area contributed by atoms with E-state index >= 15 is 0 Å². The number of hydrogen-bond donors (Lipinski definition) is 1. The third-order valence-corrected chi connectivity index (χ3v) is 5.70. The number of hydrogen-bond acceptors (Lipinski definition) is 2. The van der Waals surface area contributed by atoms with Crippen LogP contribution in [0.1, 0.15) is 38.2 Å². The molecule has 2 aliphatic rings. The second-order valence-corrected chi connectivity index (χ2v) is 7.13. The first-order valence-corrected chi connectivity index (χ1v) is 8.67. The minimum absolute atomic E-state index is 0.801. The molecule has 0 aromatic heterocycles. The lowest BCUT2D eigenvalue weighted by Crippen LogP contribution is -2.18. The van der Waals surface area contributed by atoms with Gasteiger partial charge in [-0.15, -0.1) is 0 Å². The van der Waals surface area contributed by atoms with Gasteiger partial charge in [0.15, 0.2) is 0 Å². The molecule has 2 saturated carbocycles. The first-order valence-electron chi connectivity index (χ1n) is 7.88. The molecule has 0 saturated heterocycles. The van der Waals surface area contributed by atoms with Crippen LogP contribution in [-0.4, -0.2) is 13.2 Å². The van der Waals surface area contributed by atoms with Gasteiger partial charge in [-0.3, -0.25) is 0 Å². The number of ether oxygens (including phenoxy) is 1. The lowest BCUT2D eigenvalue weighted by Gasteiger charge is -2.22. The third kappa shape index (κ3) is 3.20. The van der Waals surface area contributed by atoms with Crippen molar-refractivity contribution in [1.29, 1.82) is 0 Å². The van der Waals surface area contributed by atoms with Gasteiger partial charge < -0.3 is 10.1 Å². The van der Waals surface area contributed by atoms with Gasteiger partial charge >= 0.3 is 0 Å². The standard InChI is InChI=1S/C17H24BrNO/c1-2-19-10-14-9-16(5-6-17(14)18)20-11-15-8-12-3-4-13(15)7-12/h5-6,9,12-13,15,19H,2-4,7-8,10-11H2,1H3. The van der Waals surface area contributed by atoms with E-state index in [4.69, 9.17) is 4.74 Å². The SMILES string of the molecule is CCNCc1cc(OCC2CC3CCC2C3)ccc1Br. The molecule has 1 aromatic carbocycles. The van der Waals surface area contributed by atoms with Crippen molar-refractivity contribution < 1.29 is 4.74 Å². The topological polar surface area (TPSA) is 21.3 Å². The van der Waals surface area contributed by atoms with Crippen LogP contribution in [0.2, 0.25) is 0 Å². The van der Waals surface area contributed by atoms with E-state index in [2.05, 4.69) is 46.4 Å². The fraction of sp³-hybridized carbons (Fsp3) is 0.647. The molecule has 0 amide bonds. The zero-order chi connectivity index (χ0) is 13.9. The van der Waals surface area contributed by atoms with Gasteiger partial charge in [0.25, 0.3) is 0 Å². The van der Waals surface area contributed by atoms with Gasteiger partial charge in [0.05, 0.1) is 6.61 Å². The van der Waals surface area contributed by atoms with Gasteiger partial charge in [0, 0.05) is 11.0 Å². The van der Waals surface area contributed by atoms with E-state index in [1.54, 1.807) is 0 Å². The molecule has 20 heavy (non-hydrogen) atoms. The summed E-state index contributed by atoms with van der Waals surface area (Å²) in [4.78, 5) is 0.